The molecule has 2 N–H and O–H groups in total. The summed E-state index contributed by atoms with van der Waals surface area (Å²) in [5.74, 6) is 1.09. The first-order valence-corrected chi connectivity index (χ1v) is 9.34. The van der Waals surface area contributed by atoms with Gasteiger partial charge in [-0.15, -0.1) is 0 Å². The van der Waals surface area contributed by atoms with Crippen molar-refractivity contribution in [3.05, 3.63) is 41.9 Å². The Bertz CT molecular complexity index is 1180. The Morgan fingerprint density at radius 3 is 2.97 bits per heavy atom. The summed E-state index contributed by atoms with van der Waals surface area (Å²) in [6.07, 6.45) is 7.36. The number of nitrogen functional groups attached to an aromatic ring is 1. The van der Waals surface area contributed by atoms with E-state index in [0.29, 0.717) is 16.7 Å². The minimum Gasteiger partial charge on any atom is -0.448 e. The number of hydrogen-bond donors (Lipinski definition) is 1. The monoisotopic (exact) mass is 484 g/mol. The van der Waals surface area contributed by atoms with Gasteiger partial charge < -0.3 is 25.2 Å². The summed E-state index contributed by atoms with van der Waals surface area (Å²) < 4.78 is 13.9. The smallest absolute Gasteiger partial charge is 0.189 e. The molecular weight excluding hydrogens is 469 g/mol. The molecule has 4 aromatic rings. The molecule has 0 spiro atoms. The molecule has 1 fully saturated rings. The van der Waals surface area contributed by atoms with Crippen molar-refractivity contribution in [2.24, 2.45) is 0 Å². The van der Waals surface area contributed by atoms with Gasteiger partial charge in [0.1, 0.15) is 10.9 Å². The number of nitrogens with zero attached hydrogens (tertiary/aromatic N) is 5. The first kappa shape index (κ1) is 20.4. The fraction of sp³-hybridized carbons (Fsp3) is 0.263. The minimum atomic E-state index is -0.0613. The van der Waals surface area contributed by atoms with Gasteiger partial charge in [0.25, 0.3) is 0 Å². The van der Waals surface area contributed by atoms with Crippen LogP contribution in [0, 0.1) is 6.33 Å². The number of aromatic nitrogens is 5. The molecule has 10 heteroatoms. The van der Waals surface area contributed by atoms with Crippen LogP contribution in [0.3, 0.4) is 0 Å². The van der Waals surface area contributed by atoms with Crippen LogP contribution in [-0.2, 0) is 37.4 Å². The number of benzene rings is 1. The molecule has 1 aliphatic heterocycles. The predicted molar refractivity (Wildman–Crippen MR) is 104 cm³/mol. The van der Waals surface area contributed by atoms with Crippen LogP contribution in [0.1, 0.15) is 25.5 Å². The van der Waals surface area contributed by atoms with Gasteiger partial charge in [0.2, 0.25) is 0 Å². The molecule has 145 valence electrons. The van der Waals surface area contributed by atoms with Gasteiger partial charge in [-0.05, 0) is 37.5 Å². The van der Waals surface area contributed by atoms with Crippen LogP contribution in [0.4, 0.5) is 5.82 Å². The summed E-state index contributed by atoms with van der Waals surface area (Å²) in [6.45, 7) is 0.748. The molecule has 1 atom stereocenters. The van der Waals surface area contributed by atoms with Gasteiger partial charge in [-0.2, -0.15) is 5.10 Å². The third-order valence-electron chi connectivity index (χ3n) is 4.77. The Kier molecular flexibility index (Phi) is 5.96. The number of nitrogens with two attached hydrogens (primary N) is 1. The summed E-state index contributed by atoms with van der Waals surface area (Å²) in [7, 11) is 0. The standard InChI is InChI=1S/C19H16ClN6O2.Y/c20-15-8-11-17(22-10-23-18(11)21)19(25-15)28-14-5-3-4-13-12(14)9-24-26(13)16-6-1-2-7-27-16;/h3-5,8-9,16H,1-2,6-7H2,(H2,21,22,23);/q-1;. The van der Waals surface area contributed by atoms with Crippen molar-refractivity contribution in [3.63, 3.8) is 0 Å². The van der Waals surface area contributed by atoms with E-state index in [1.54, 1.807) is 12.3 Å². The van der Waals surface area contributed by atoms with Crippen molar-refractivity contribution in [1.82, 2.24) is 24.7 Å². The normalized spacial score (nSPS) is 16.7. The summed E-state index contributed by atoms with van der Waals surface area (Å²) in [4.78, 5) is 12.3. The molecule has 5 rings (SSSR count). The third-order valence-corrected chi connectivity index (χ3v) is 4.97. The average Bonchev–Trinajstić information content (AvgIpc) is 3.15. The Balaban J connectivity index is 0.00000205. The van der Waals surface area contributed by atoms with E-state index >= 15 is 0 Å². The number of pyridine rings is 1. The molecule has 0 amide bonds. The van der Waals surface area contributed by atoms with Gasteiger partial charge in [-0.25, -0.2) is 9.67 Å². The van der Waals surface area contributed by atoms with Gasteiger partial charge in [0.05, 0.1) is 17.1 Å². The summed E-state index contributed by atoms with van der Waals surface area (Å²) in [6, 6.07) is 7.34. The molecule has 0 aliphatic carbocycles. The first-order chi connectivity index (χ1) is 13.7. The SMILES string of the molecule is Nc1n[c-]nc2c(Oc3cccc4c3cnn4C3CCCCO3)nc(Cl)cc12.[Y]. The summed E-state index contributed by atoms with van der Waals surface area (Å²) in [5, 5.41) is 6.17. The number of rotatable bonds is 3. The molecule has 1 unspecified atom stereocenters. The molecule has 8 nitrogen and oxygen atoms in total. The van der Waals surface area contributed by atoms with E-state index in [0.717, 1.165) is 36.8 Å². The molecule has 0 saturated carbocycles. The van der Waals surface area contributed by atoms with Crippen LogP contribution in [0.25, 0.3) is 21.8 Å². The number of hydrogen-bond acceptors (Lipinski definition) is 7. The Hall–Kier alpha value is -1.87. The molecule has 3 aromatic heterocycles. The number of anilines is 1. The maximum Gasteiger partial charge on any atom is 0.189 e. The summed E-state index contributed by atoms with van der Waals surface area (Å²) in [5.41, 5.74) is 7.28. The van der Waals surface area contributed by atoms with Crippen molar-refractivity contribution in [1.29, 1.82) is 0 Å². The van der Waals surface area contributed by atoms with Crippen LogP contribution in [0.5, 0.6) is 11.6 Å². The molecule has 1 radical (unpaired) electrons. The molecule has 29 heavy (non-hydrogen) atoms. The van der Waals surface area contributed by atoms with Crippen molar-refractivity contribution >= 4 is 39.2 Å². The molecule has 1 saturated heterocycles. The fourth-order valence-electron chi connectivity index (χ4n) is 3.43. The van der Waals surface area contributed by atoms with Crippen LogP contribution >= 0.6 is 11.6 Å². The quantitative estimate of drug-likeness (QED) is 0.348. The van der Waals surface area contributed by atoms with Gasteiger partial charge in [-0.3, -0.25) is 0 Å². The second-order valence-electron chi connectivity index (χ2n) is 6.56. The number of fused-ring (bicyclic) bond motifs is 2. The van der Waals surface area contributed by atoms with Gasteiger partial charge in [0.15, 0.2) is 12.1 Å². The maximum atomic E-state index is 6.14. The largest absolute Gasteiger partial charge is 0.448 e. The zero-order valence-electron chi connectivity index (χ0n) is 15.4. The van der Waals surface area contributed by atoms with Gasteiger partial charge >= 0.3 is 0 Å². The van der Waals surface area contributed by atoms with E-state index in [9.17, 15) is 0 Å². The Morgan fingerprint density at radius 1 is 1.24 bits per heavy atom. The third kappa shape index (κ3) is 3.82. The van der Waals surface area contributed by atoms with Gasteiger partial charge in [-0.1, -0.05) is 23.1 Å². The van der Waals surface area contributed by atoms with Crippen LogP contribution < -0.4 is 10.5 Å². The van der Waals surface area contributed by atoms with Crippen LogP contribution in [-0.4, -0.2) is 31.3 Å². The van der Waals surface area contributed by atoms with Crippen molar-refractivity contribution in [2.75, 3.05) is 12.3 Å². The van der Waals surface area contributed by atoms with Crippen LogP contribution in [0.2, 0.25) is 5.15 Å². The van der Waals surface area contributed by atoms with Crippen molar-refractivity contribution in [2.45, 2.75) is 25.5 Å². The predicted octanol–water partition coefficient (Wildman–Crippen LogP) is 3.90. The van der Waals surface area contributed by atoms with Crippen LogP contribution in [0.15, 0.2) is 30.5 Å². The maximum absolute atomic E-state index is 6.14. The molecule has 4 heterocycles. The molecular formula is C19H16ClN6O2Y-. The first-order valence-electron chi connectivity index (χ1n) is 8.96. The van der Waals surface area contributed by atoms with Gasteiger partial charge in [0, 0.05) is 57.0 Å². The zero-order chi connectivity index (χ0) is 19.1. The van der Waals surface area contributed by atoms with Crippen molar-refractivity contribution < 1.29 is 42.2 Å². The molecule has 1 aliphatic rings. The van der Waals surface area contributed by atoms with E-state index in [-0.39, 0.29) is 55.8 Å². The zero-order valence-corrected chi connectivity index (χ0v) is 19.0. The van der Waals surface area contributed by atoms with E-state index < -0.39 is 0 Å². The van der Waals surface area contributed by atoms with E-state index in [4.69, 9.17) is 26.8 Å². The van der Waals surface area contributed by atoms with E-state index in [2.05, 4.69) is 26.4 Å². The molecule has 1 aromatic carbocycles. The number of ether oxygens (including phenoxy) is 2. The minimum absolute atomic E-state index is 0. The molecule has 0 bridgehead atoms. The Labute approximate surface area is 196 Å². The van der Waals surface area contributed by atoms with E-state index in [1.807, 2.05) is 22.9 Å². The second-order valence-corrected chi connectivity index (χ2v) is 6.94. The summed E-state index contributed by atoms with van der Waals surface area (Å²) >= 11 is 6.14. The fourth-order valence-corrected chi connectivity index (χ4v) is 3.62. The average molecular weight is 485 g/mol. The second kappa shape index (κ2) is 8.48. The number of halogens is 1. The van der Waals surface area contributed by atoms with E-state index in [1.165, 1.54) is 0 Å². The Morgan fingerprint density at radius 2 is 2.14 bits per heavy atom. The topological polar surface area (TPSA) is 101 Å². The van der Waals surface area contributed by atoms with Crippen molar-refractivity contribution in [3.8, 4) is 11.6 Å².